The van der Waals surface area contributed by atoms with Crippen LogP contribution in [-0.2, 0) is 54.7 Å². The lowest BCUT2D eigenvalue weighted by Gasteiger charge is -2.44. The molecule has 1 aliphatic rings. The van der Waals surface area contributed by atoms with Crippen LogP contribution in [0.15, 0.2) is 41.2 Å². The van der Waals surface area contributed by atoms with Crippen LogP contribution >= 0.6 is 0 Å². The molecule has 332 valence electrons. The summed E-state index contributed by atoms with van der Waals surface area (Å²) in [4.78, 5) is 74.7. The molecule has 0 unspecified atom stereocenters. The van der Waals surface area contributed by atoms with Crippen LogP contribution in [0.5, 0.6) is 28.7 Å². The molecular formula is C43H54N2O16. The summed E-state index contributed by atoms with van der Waals surface area (Å²) in [6, 6.07) is 7.75. The number of nitrogens with one attached hydrogen (secondary N) is 1. The van der Waals surface area contributed by atoms with Crippen LogP contribution in [0.2, 0.25) is 0 Å². The molecule has 2 aromatic carbocycles. The Labute approximate surface area is 352 Å². The van der Waals surface area contributed by atoms with E-state index in [2.05, 4.69) is 12.2 Å². The number of aromatic nitrogens is 1. The number of carbonyl (C=O) groups excluding carboxylic acids is 5. The number of carbonyl (C=O) groups is 5. The first kappa shape index (κ1) is 47.4. The lowest BCUT2D eigenvalue weighted by atomic mass is 9.98. The topological polar surface area (TPSA) is 223 Å². The summed E-state index contributed by atoms with van der Waals surface area (Å²) in [5, 5.41) is 14.1. The number of amides is 1. The van der Waals surface area contributed by atoms with E-state index in [4.69, 9.17) is 42.6 Å². The third-order valence-corrected chi connectivity index (χ3v) is 9.43. The number of rotatable bonds is 20. The molecule has 1 aliphatic heterocycles. The van der Waals surface area contributed by atoms with Crippen LogP contribution in [0.4, 0.5) is 5.69 Å². The molecule has 5 atom stereocenters. The molecule has 0 saturated carbocycles. The minimum atomic E-state index is -1.58. The smallest absolute Gasteiger partial charge is 0.303 e. The van der Waals surface area contributed by atoms with Crippen molar-refractivity contribution in [2.45, 2.75) is 104 Å². The Hall–Kier alpha value is -6.30. The Kier molecular flexibility index (Phi) is 17.4. The molecule has 18 heteroatoms. The van der Waals surface area contributed by atoms with Crippen LogP contribution in [-0.4, -0.2) is 97.6 Å². The number of methoxy groups -OCH3 is 2. The first-order chi connectivity index (χ1) is 29.1. The molecule has 1 fully saturated rings. The molecule has 4 rings (SSSR count). The standard InChI is InChI=1S/C43H54N2O16/c1-9-10-11-12-13-14-19-55-39-36(51)30-17-16-29(22-31(30)45(6)42(39)52)44-35(50)18-15-28-20-32(53-7)37(33(21-28)54-8)61-43-41(59-27(5)49)40(58-26(4)48)38(57-25(3)47)34(60-43)23-56-24(2)46/h15-18,20-22,34,38,40-41,43,51H,9-14,19,23H2,1-8H3,(H,44,50)/t34-,38+,40+,41-,43+/m1/s1. The molecule has 2 heterocycles. The van der Waals surface area contributed by atoms with E-state index in [9.17, 15) is 33.9 Å². The minimum absolute atomic E-state index is 0.0616. The zero-order valence-electron chi connectivity index (χ0n) is 35.6. The van der Waals surface area contributed by atoms with E-state index in [1.165, 1.54) is 49.5 Å². The van der Waals surface area contributed by atoms with E-state index >= 15 is 0 Å². The highest BCUT2D eigenvalue weighted by Crippen LogP contribution is 2.42. The van der Waals surface area contributed by atoms with Gasteiger partial charge in [0.25, 0.3) is 5.56 Å². The SMILES string of the molecule is CCCCCCCCOc1c(O)c2ccc(NC(=O)C=Cc3cc(OC)c(O[C@@H]4O[C@H](COC(C)=O)[C@H](OC(C)=O)[C@H](OC(C)=O)[C@H]4OC(C)=O)c(OC)c3)cc2n(C)c1=O. The van der Waals surface area contributed by atoms with E-state index in [0.29, 0.717) is 28.8 Å². The van der Waals surface area contributed by atoms with Crippen LogP contribution < -0.4 is 29.8 Å². The second kappa shape index (κ2) is 22.3. The maximum absolute atomic E-state index is 13.1. The van der Waals surface area contributed by atoms with Crippen molar-refractivity contribution in [2.75, 3.05) is 32.8 Å². The van der Waals surface area contributed by atoms with Gasteiger partial charge < -0.3 is 57.6 Å². The normalized spacial score (nSPS) is 18.5. The van der Waals surface area contributed by atoms with Gasteiger partial charge in [0, 0.05) is 51.9 Å². The van der Waals surface area contributed by atoms with E-state index in [1.807, 2.05) is 0 Å². The second-order valence-corrected chi connectivity index (χ2v) is 14.2. The van der Waals surface area contributed by atoms with Crippen molar-refractivity contribution in [1.82, 2.24) is 4.57 Å². The van der Waals surface area contributed by atoms with Crippen LogP contribution in [0.3, 0.4) is 0 Å². The maximum Gasteiger partial charge on any atom is 0.303 e. The summed E-state index contributed by atoms with van der Waals surface area (Å²) < 4.78 is 52.1. The van der Waals surface area contributed by atoms with Gasteiger partial charge in [-0.1, -0.05) is 39.0 Å². The number of esters is 4. The zero-order valence-corrected chi connectivity index (χ0v) is 35.6. The molecule has 0 spiro atoms. The summed E-state index contributed by atoms with van der Waals surface area (Å²) in [5.41, 5.74) is 0.625. The van der Waals surface area contributed by atoms with Crippen molar-refractivity contribution in [3.05, 3.63) is 52.3 Å². The number of hydrogen-bond acceptors (Lipinski definition) is 16. The molecule has 1 amide bonds. The third-order valence-electron chi connectivity index (χ3n) is 9.43. The highest BCUT2D eigenvalue weighted by Gasteiger charge is 2.53. The van der Waals surface area contributed by atoms with Gasteiger partial charge in [-0.25, -0.2) is 0 Å². The van der Waals surface area contributed by atoms with E-state index < -0.39 is 72.7 Å². The molecule has 2 N–H and O–H groups in total. The van der Waals surface area contributed by atoms with Gasteiger partial charge in [-0.05, 0) is 48.4 Å². The van der Waals surface area contributed by atoms with E-state index in [-0.39, 0.29) is 28.7 Å². The second-order valence-electron chi connectivity index (χ2n) is 14.2. The van der Waals surface area contributed by atoms with Gasteiger partial charge in [0.05, 0.1) is 26.3 Å². The summed E-state index contributed by atoms with van der Waals surface area (Å²) in [7, 11) is 4.23. The van der Waals surface area contributed by atoms with Gasteiger partial charge in [-0.3, -0.25) is 28.8 Å². The Morgan fingerprint density at radius 2 is 1.41 bits per heavy atom. The largest absolute Gasteiger partial charge is 0.504 e. The number of unbranched alkanes of at least 4 members (excludes halogenated alkanes) is 5. The summed E-state index contributed by atoms with van der Waals surface area (Å²) in [5.74, 6) is -3.96. The number of aromatic hydroxyl groups is 1. The number of hydrogen-bond donors (Lipinski definition) is 2. The summed E-state index contributed by atoms with van der Waals surface area (Å²) in [6.07, 6.45) is 1.74. The molecule has 1 saturated heterocycles. The molecule has 0 aliphatic carbocycles. The van der Waals surface area contributed by atoms with Crippen molar-refractivity contribution in [3.8, 4) is 28.7 Å². The number of nitrogens with zero attached hydrogens (tertiary/aromatic N) is 1. The maximum atomic E-state index is 13.1. The average molecular weight is 855 g/mol. The highest BCUT2D eigenvalue weighted by atomic mass is 16.7. The Morgan fingerprint density at radius 3 is 2.02 bits per heavy atom. The highest BCUT2D eigenvalue weighted by molar-refractivity contribution is 6.03. The van der Waals surface area contributed by atoms with Crippen molar-refractivity contribution in [2.24, 2.45) is 7.05 Å². The van der Waals surface area contributed by atoms with E-state index in [0.717, 1.165) is 59.8 Å². The van der Waals surface area contributed by atoms with Crippen molar-refractivity contribution in [1.29, 1.82) is 0 Å². The molecular weight excluding hydrogens is 800 g/mol. The first-order valence-electron chi connectivity index (χ1n) is 19.8. The number of aryl methyl sites for hydroxylation is 1. The zero-order chi connectivity index (χ0) is 44.8. The lowest BCUT2D eigenvalue weighted by Crippen LogP contribution is -2.63. The van der Waals surface area contributed by atoms with Gasteiger partial charge >= 0.3 is 23.9 Å². The van der Waals surface area contributed by atoms with Gasteiger partial charge in [0.1, 0.15) is 12.7 Å². The fourth-order valence-corrected chi connectivity index (χ4v) is 6.63. The van der Waals surface area contributed by atoms with Crippen molar-refractivity contribution < 1.29 is 71.7 Å². The number of fused-ring (bicyclic) bond motifs is 1. The van der Waals surface area contributed by atoms with Gasteiger partial charge in [0.15, 0.2) is 29.5 Å². The van der Waals surface area contributed by atoms with Crippen molar-refractivity contribution >= 4 is 52.5 Å². The first-order valence-corrected chi connectivity index (χ1v) is 19.8. The van der Waals surface area contributed by atoms with Crippen molar-refractivity contribution in [3.63, 3.8) is 0 Å². The summed E-state index contributed by atoms with van der Waals surface area (Å²) >= 11 is 0. The van der Waals surface area contributed by atoms with Gasteiger partial charge in [-0.2, -0.15) is 0 Å². The molecule has 0 radical (unpaired) electrons. The number of pyridine rings is 1. The van der Waals surface area contributed by atoms with Crippen LogP contribution in [0.1, 0.15) is 78.7 Å². The molecule has 1 aromatic heterocycles. The molecule has 18 nitrogen and oxygen atoms in total. The molecule has 3 aromatic rings. The molecule has 0 bridgehead atoms. The van der Waals surface area contributed by atoms with Gasteiger partial charge in [0.2, 0.25) is 29.8 Å². The predicted molar refractivity (Wildman–Crippen MR) is 220 cm³/mol. The monoisotopic (exact) mass is 854 g/mol. The number of anilines is 1. The quantitative estimate of drug-likeness (QED) is 0.0652. The van der Waals surface area contributed by atoms with Crippen LogP contribution in [0, 0.1) is 0 Å². The Balaban J connectivity index is 1.56. The fraction of sp³-hybridized carbons (Fsp3) is 0.488. The fourth-order valence-electron chi connectivity index (χ4n) is 6.63. The minimum Gasteiger partial charge on any atom is -0.504 e. The third kappa shape index (κ3) is 12.8. The summed E-state index contributed by atoms with van der Waals surface area (Å²) in [6.45, 7) is 6.45. The van der Waals surface area contributed by atoms with Crippen LogP contribution in [0.25, 0.3) is 17.0 Å². The van der Waals surface area contributed by atoms with Gasteiger partial charge in [-0.15, -0.1) is 0 Å². The molecule has 61 heavy (non-hydrogen) atoms. The Morgan fingerprint density at radius 1 is 0.803 bits per heavy atom. The number of ether oxygens (including phenoxy) is 9. The Bertz CT molecular complexity index is 2120. The van der Waals surface area contributed by atoms with E-state index in [1.54, 1.807) is 25.2 Å². The lowest BCUT2D eigenvalue weighted by molar-refractivity contribution is -0.288. The average Bonchev–Trinajstić information content (AvgIpc) is 3.20. The number of benzene rings is 2. The predicted octanol–water partition coefficient (Wildman–Crippen LogP) is 5.11.